The topological polar surface area (TPSA) is 88.1 Å². The Balaban J connectivity index is 1.09. The second-order valence-electron chi connectivity index (χ2n) is 15.9. The zero-order valence-corrected chi connectivity index (χ0v) is 30.4. The van der Waals surface area contributed by atoms with E-state index in [0.717, 1.165) is 46.5 Å². The van der Waals surface area contributed by atoms with Crippen molar-refractivity contribution in [2.45, 2.75) is 89.5 Å². The van der Waals surface area contributed by atoms with E-state index in [1.54, 1.807) is 30.3 Å². The Hall–Kier alpha value is -3.37. The SMILES string of the molecule is C[C@H]1[C@@H](CN2CC3(C)CC2CC(C)(C)C3)O[C@@H](c2ccc(-c3cccc(CNS(=O)(=O)c4ccccc4)c3)cc2)O[C@H]1c1ccc(CO)cc1. The molecular formula is C42H50N2O5S. The third kappa shape index (κ3) is 7.61. The largest absolute Gasteiger partial charge is 0.392 e. The van der Waals surface area contributed by atoms with Crippen LogP contribution in [0.3, 0.4) is 0 Å². The Morgan fingerprint density at radius 3 is 2.26 bits per heavy atom. The Morgan fingerprint density at radius 1 is 0.820 bits per heavy atom. The van der Waals surface area contributed by atoms with Crippen molar-refractivity contribution in [3.63, 3.8) is 0 Å². The van der Waals surface area contributed by atoms with Gasteiger partial charge in [-0.2, -0.15) is 0 Å². The van der Waals surface area contributed by atoms with E-state index in [4.69, 9.17) is 9.47 Å². The summed E-state index contributed by atoms with van der Waals surface area (Å²) in [6, 6.07) is 33.4. The number of aliphatic hydroxyl groups excluding tert-OH is 1. The molecule has 2 saturated heterocycles. The smallest absolute Gasteiger partial charge is 0.240 e. The highest BCUT2D eigenvalue weighted by atomic mass is 32.2. The minimum atomic E-state index is -3.60. The third-order valence-corrected chi connectivity index (χ3v) is 12.4. The van der Waals surface area contributed by atoms with Crippen LogP contribution in [-0.4, -0.2) is 43.7 Å². The van der Waals surface area contributed by atoms with Gasteiger partial charge in [0.1, 0.15) is 0 Å². The highest BCUT2D eigenvalue weighted by Gasteiger charge is 2.51. The van der Waals surface area contributed by atoms with E-state index in [2.05, 4.69) is 73.7 Å². The molecule has 3 aliphatic rings. The average molecular weight is 695 g/mol. The van der Waals surface area contributed by atoms with Crippen molar-refractivity contribution < 1.29 is 23.0 Å². The molecule has 2 unspecified atom stereocenters. The van der Waals surface area contributed by atoms with E-state index in [1.807, 2.05) is 36.4 Å². The molecule has 7 rings (SSSR count). The molecule has 2 heterocycles. The molecule has 50 heavy (non-hydrogen) atoms. The number of aliphatic hydroxyl groups is 1. The lowest BCUT2D eigenvalue weighted by Gasteiger charge is -2.43. The van der Waals surface area contributed by atoms with Gasteiger partial charge < -0.3 is 14.6 Å². The van der Waals surface area contributed by atoms with Crippen LogP contribution in [0.2, 0.25) is 0 Å². The first-order valence-corrected chi connectivity index (χ1v) is 19.4. The van der Waals surface area contributed by atoms with Crippen molar-refractivity contribution in [1.82, 2.24) is 9.62 Å². The molecule has 4 aromatic carbocycles. The standard InChI is InChI=1S/C42H50N2O5S/c1-29-38(25-44-28-42(4)23-36(44)22-41(2,3)27-42)48-40(49-39(29)33-15-13-30(26-45)14-16-33)34-19-17-32(18-20-34)35-10-8-9-31(21-35)24-43-50(46,47)37-11-6-5-7-12-37/h5-21,29,36,38-40,43,45H,22-28H2,1-4H3/t29-,36?,38+,39+,40+,42?/m0/s1. The van der Waals surface area contributed by atoms with Crippen LogP contribution in [0.1, 0.15) is 81.6 Å². The first kappa shape index (κ1) is 35.1. The zero-order chi connectivity index (χ0) is 35.1. The van der Waals surface area contributed by atoms with Crippen molar-refractivity contribution in [3.8, 4) is 11.1 Å². The van der Waals surface area contributed by atoms with Gasteiger partial charge in [0.2, 0.25) is 10.0 Å². The maximum absolute atomic E-state index is 12.8. The fraction of sp³-hybridized carbons (Fsp3) is 0.429. The summed E-state index contributed by atoms with van der Waals surface area (Å²) in [5.74, 6) is 0.133. The van der Waals surface area contributed by atoms with Gasteiger partial charge in [-0.05, 0) is 76.1 Å². The van der Waals surface area contributed by atoms with Crippen molar-refractivity contribution in [2.75, 3.05) is 13.1 Å². The van der Waals surface area contributed by atoms with Gasteiger partial charge in [0.05, 0.1) is 23.7 Å². The van der Waals surface area contributed by atoms with Gasteiger partial charge in [0.15, 0.2) is 6.29 Å². The molecule has 6 atom stereocenters. The Labute approximate surface area is 297 Å². The Bertz CT molecular complexity index is 1880. The number of nitrogens with zero attached hydrogens (tertiary/aromatic N) is 1. The molecule has 264 valence electrons. The molecule has 0 amide bonds. The van der Waals surface area contributed by atoms with Gasteiger partial charge in [0, 0.05) is 37.2 Å². The van der Waals surface area contributed by atoms with Crippen LogP contribution >= 0.6 is 0 Å². The molecule has 1 aliphatic carbocycles. The summed E-state index contributed by atoms with van der Waals surface area (Å²) in [7, 11) is -3.60. The number of hydrogen-bond acceptors (Lipinski definition) is 6. The predicted octanol–water partition coefficient (Wildman–Crippen LogP) is 8.02. The lowest BCUT2D eigenvalue weighted by molar-refractivity contribution is -0.276. The van der Waals surface area contributed by atoms with Crippen molar-refractivity contribution in [2.24, 2.45) is 16.7 Å². The van der Waals surface area contributed by atoms with Crippen LogP contribution in [0, 0.1) is 16.7 Å². The minimum absolute atomic E-state index is 0.0136. The van der Waals surface area contributed by atoms with E-state index >= 15 is 0 Å². The number of nitrogens with one attached hydrogen (secondary N) is 1. The molecule has 2 aliphatic heterocycles. The monoisotopic (exact) mass is 694 g/mol. The number of hydrogen-bond donors (Lipinski definition) is 2. The lowest BCUT2D eigenvalue weighted by atomic mass is 9.65. The number of likely N-dealkylation sites (tertiary alicyclic amines) is 1. The minimum Gasteiger partial charge on any atom is -0.392 e. The average Bonchev–Trinajstić information content (AvgIpc) is 3.35. The summed E-state index contributed by atoms with van der Waals surface area (Å²) in [5.41, 5.74) is 6.54. The predicted molar refractivity (Wildman–Crippen MR) is 196 cm³/mol. The highest BCUT2D eigenvalue weighted by molar-refractivity contribution is 7.89. The van der Waals surface area contributed by atoms with Crippen LogP contribution in [0.5, 0.6) is 0 Å². The first-order chi connectivity index (χ1) is 23.9. The molecular weight excluding hydrogens is 645 g/mol. The van der Waals surface area contributed by atoms with Crippen LogP contribution in [0.25, 0.3) is 11.1 Å². The highest BCUT2D eigenvalue weighted by Crippen LogP contribution is 2.53. The summed E-state index contributed by atoms with van der Waals surface area (Å²) in [5, 5.41) is 9.65. The second-order valence-corrected chi connectivity index (χ2v) is 17.7. The Kier molecular flexibility index (Phi) is 9.80. The maximum Gasteiger partial charge on any atom is 0.240 e. The number of fused-ring (bicyclic) bond motifs is 2. The zero-order valence-electron chi connectivity index (χ0n) is 29.6. The van der Waals surface area contributed by atoms with E-state index in [9.17, 15) is 13.5 Å². The number of ether oxygens (including phenoxy) is 2. The molecule has 0 aromatic heterocycles. The van der Waals surface area contributed by atoms with Crippen LogP contribution in [-0.2, 0) is 32.6 Å². The molecule has 7 nitrogen and oxygen atoms in total. The summed E-state index contributed by atoms with van der Waals surface area (Å²) >= 11 is 0. The van der Waals surface area contributed by atoms with E-state index in [-0.39, 0.29) is 36.2 Å². The van der Waals surface area contributed by atoms with Crippen molar-refractivity contribution in [3.05, 3.63) is 125 Å². The van der Waals surface area contributed by atoms with Crippen molar-refractivity contribution in [1.29, 1.82) is 0 Å². The van der Waals surface area contributed by atoms with Crippen LogP contribution < -0.4 is 4.72 Å². The van der Waals surface area contributed by atoms with Gasteiger partial charge in [-0.15, -0.1) is 0 Å². The number of sulfonamides is 1. The molecule has 2 bridgehead atoms. The van der Waals surface area contributed by atoms with E-state index < -0.39 is 16.3 Å². The van der Waals surface area contributed by atoms with Crippen molar-refractivity contribution >= 4 is 10.0 Å². The van der Waals surface area contributed by atoms with Gasteiger partial charge >= 0.3 is 0 Å². The van der Waals surface area contributed by atoms with Crippen LogP contribution in [0.15, 0.2) is 108 Å². The maximum atomic E-state index is 12.8. The quantitative estimate of drug-likeness (QED) is 0.175. The number of rotatable bonds is 10. The van der Waals surface area contributed by atoms with Gasteiger partial charge in [0.25, 0.3) is 0 Å². The number of benzene rings is 4. The molecule has 8 heteroatoms. The second kappa shape index (κ2) is 14.0. The van der Waals surface area contributed by atoms with E-state index in [1.165, 1.54) is 19.3 Å². The summed E-state index contributed by atoms with van der Waals surface area (Å²) in [6.07, 6.45) is 3.04. The summed E-state index contributed by atoms with van der Waals surface area (Å²) < 4.78 is 41.9. The fourth-order valence-corrected chi connectivity index (χ4v) is 9.94. The molecule has 2 N–H and O–H groups in total. The normalized spacial score (nSPS) is 28.1. The molecule has 0 spiro atoms. The lowest BCUT2D eigenvalue weighted by Crippen LogP contribution is -2.46. The molecule has 3 fully saturated rings. The van der Waals surface area contributed by atoms with E-state index in [0.29, 0.717) is 16.9 Å². The Morgan fingerprint density at radius 2 is 1.54 bits per heavy atom. The molecule has 1 saturated carbocycles. The third-order valence-electron chi connectivity index (χ3n) is 11.0. The van der Waals surface area contributed by atoms with Crippen LogP contribution in [0.4, 0.5) is 0 Å². The molecule has 4 aromatic rings. The van der Waals surface area contributed by atoms with Gasteiger partial charge in [-0.1, -0.05) is 113 Å². The summed E-state index contributed by atoms with van der Waals surface area (Å²) in [4.78, 5) is 2.95. The van der Waals surface area contributed by atoms with Gasteiger partial charge in [-0.25, -0.2) is 13.1 Å². The molecule has 0 radical (unpaired) electrons. The van der Waals surface area contributed by atoms with Gasteiger partial charge in [-0.3, -0.25) is 4.90 Å². The fourth-order valence-electron chi connectivity index (χ4n) is 8.90. The summed E-state index contributed by atoms with van der Waals surface area (Å²) in [6.45, 7) is 11.7. The first-order valence-electron chi connectivity index (χ1n) is 17.9.